The van der Waals surface area contributed by atoms with Crippen LogP contribution in [0.1, 0.15) is 31.8 Å². The lowest BCUT2D eigenvalue weighted by atomic mass is 9.99. The van der Waals surface area contributed by atoms with Crippen molar-refractivity contribution in [3.05, 3.63) is 144 Å². The highest BCUT2D eigenvalue weighted by Crippen LogP contribution is 2.27. The summed E-state index contributed by atoms with van der Waals surface area (Å²) in [5.74, 6) is -1.05. The molecule has 0 aromatic heterocycles. The molecule has 4 aromatic carbocycles. The Labute approximate surface area is 239 Å². The number of benzene rings is 4. The van der Waals surface area contributed by atoms with Crippen molar-refractivity contribution in [2.24, 2.45) is 0 Å². The van der Waals surface area contributed by atoms with Crippen molar-refractivity contribution in [3.8, 4) is 0 Å². The van der Waals surface area contributed by atoms with Crippen LogP contribution in [0.4, 0.5) is 0 Å². The molecule has 0 radical (unpaired) electrons. The van der Waals surface area contributed by atoms with Gasteiger partial charge in [-0.15, -0.1) is 0 Å². The van der Waals surface area contributed by atoms with Crippen LogP contribution in [0.15, 0.2) is 121 Å². The zero-order valence-corrected chi connectivity index (χ0v) is 22.5. The maximum absolute atomic E-state index is 13.2. The summed E-state index contributed by atoms with van der Waals surface area (Å²) in [7, 11) is 0. The van der Waals surface area contributed by atoms with Gasteiger partial charge in [0, 0.05) is 0 Å². The first-order valence-electron chi connectivity index (χ1n) is 13.6. The molecule has 5 rings (SSSR count). The molecule has 0 spiro atoms. The standard InChI is InChI=1S/C34H32O7/c35-33(27-17-9-3-10-18-27)40-30-24-38-29(23-37-21-25-13-5-1-6-14-25)32(41-34(36)28-19-11-4-12-20-28)31(30)39-22-26-15-7-2-8-16-26/h1-20,29-32H,21-24H2. The SMILES string of the molecule is O=C(OC1COC(COCc2ccccc2)C(OC(=O)c2ccccc2)C1OCc1ccccc1)c1ccccc1. The predicted molar refractivity (Wildman–Crippen MR) is 152 cm³/mol. The Balaban J connectivity index is 1.38. The van der Waals surface area contributed by atoms with Gasteiger partial charge in [-0.25, -0.2) is 9.59 Å². The third kappa shape index (κ3) is 7.89. The Bertz CT molecular complexity index is 1360. The van der Waals surface area contributed by atoms with Gasteiger partial charge in [0.25, 0.3) is 0 Å². The molecule has 0 amide bonds. The van der Waals surface area contributed by atoms with E-state index in [9.17, 15) is 9.59 Å². The van der Waals surface area contributed by atoms with Crippen molar-refractivity contribution in [1.29, 1.82) is 0 Å². The van der Waals surface area contributed by atoms with Gasteiger partial charge in [0.2, 0.25) is 0 Å². The number of esters is 2. The number of rotatable bonds is 11. The van der Waals surface area contributed by atoms with Crippen molar-refractivity contribution in [3.63, 3.8) is 0 Å². The van der Waals surface area contributed by atoms with Crippen molar-refractivity contribution in [2.75, 3.05) is 13.2 Å². The van der Waals surface area contributed by atoms with E-state index >= 15 is 0 Å². The first-order chi connectivity index (χ1) is 20.2. The summed E-state index contributed by atoms with van der Waals surface area (Å²) in [6.45, 7) is 0.785. The Kier molecular flexibility index (Phi) is 9.89. The van der Waals surface area contributed by atoms with Gasteiger partial charge >= 0.3 is 11.9 Å². The maximum Gasteiger partial charge on any atom is 0.338 e. The average Bonchev–Trinajstić information content (AvgIpc) is 3.03. The van der Waals surface area contributed by atoms with E-state index in [1.165, 1.54) is 0 Å². The molecule has 7 nitrogen and oxygen atoms in total. The molecule has 4 aromatic rings. The first-order valence-corrected chi connectivity index (χ1v) is 13.6. The van der Waals surface area contributed by atoms with Gasteiger partial charge in [0.05, 0.1) is 37.6 Å². The van der Waals surface area contributed by atoms with E-state index in [-0.39, 0.29) is 19.8 Å². The maximum atomic E-state index is 13.2. The van der Waals surface area contributed by atoms with Gasteiger partial charge in [-0.05, 0) is 35.4 Å². The number of carbonyl (C=O) groups is 2. The predicted octanol–water partition coefficient (Wildman–Crippen LogP) is 5.64. The van der Waals surface area contributed by atoms with Gasteiger partial charge in [-0.1, -0.05) is 97.1 Å². The van der Waals surface area contributed by atoms with Crippen LogP contribution in [0.25, 0.3) is 0 Å². The number of hydrogen-bond donors (Lipinski definition) is 0. The molecule has 4 unspecified atom stereocenters. The summed E-state index contributed by atoms with van der Waals surface area (Å²) >= 11 is 0. The minimum absolute atomic E-state index is 0.0524. The zero-order chi connectivity index (χ0) is 28.3. The topological polar surface area (TPSA) is 80.3 Å². The molecule has 0 N–H and O–H groups in total. The number of ether oxygens (including phenoxy) is 5. The summed E-state index contributed by atoms with van der Waals surface area (Å²) in [6.07, 6.45) is -3.21. The highest BCUT2D eigenvalue weighted by molar-refractivity contribution is 5.90. The van der Waals surface area contributed by atoms with Crippen molar-refractivity contribution in [1.82, 2.24) is 0 Å². The van der Waals surface area contributed by atoms with Crippen LogP contribution in [0.2, 0.25) is 0 Å². The lowest BCUT2D eigenvalue weighted by Crippen LogP contribution is -2.58. The molecule has 4 atom stereocenters. The van der Waals surface area contributed by atoms with Crippen LogP contribution in [-0.4, -0.2) is 49.6 Å². The van der Waals surface area contributed by atoms with E-state index in [1.807, 2.05) is 72.8 Å². The summed E-state index contributed by atoms with van der Waals surface area (Å²) in [5, 5.41) is 0. The largest absolute Gasteiger partial charge is 0.453 e. The molecular weight excluding hydrogens is 520 g/mol. The Morgan fingerprint density at radius 2 is 1.10 bits per heavy atom. The van der Waals surface area contributed by atoms with Gasteiger partial charge in [0.1, 0.15) is 12.2 Å². The van der Waals surface area contributed by atoms with Gasteiger partial charge in [0.15, 0.2) is 12.2 Å². The molecule has 0 saturated carbocycles. The molecule has 1 aliphatic rings. The lowest BCUT2D eigenvalue weighted by Gasteiger charge is -2.41. The molecular formula is C34H32O7. The lowest BCUT2D eigenvalue weighted by molar-refractivity contribution is -0.218. The fourth-order valence-corrected chi connectivity index (χ4v) is 4.60. The van der Waals surface area contributed by atoms with E-state index < -0.39 is 36.4 Å². The van der Waals surface area contributed by atoms with E-state index in [1.54, 1.807) is 48.5 Å². The quantitative estimate of drug-likeness (QED) is 0.223. The minimum atomic E-state index is -0.912. The Morgan fingerprint density at radius 3 is 1.66 bits per heavy atom. The van der Waals surface area contributed by atoms with Gasteiger partial charge in [-0.2, -0.15) is 0 Å². The summed E-state index contributed by atoms with van der Waals surface area (Å²) in [5.41, 5.74) is 2.73. The fourth-order valence-electron chi connectivity index (χ4n) is 4.60. The van der Waals surface area contributed by atoms with E-state index in [4.69, 9.17) is 23.7 Å². The highest BCUT2D eigenvalue weighted by Gasteiger charge is 2.46. The second-order valence-electron chi connectivity index (χ2n) is 9.68. The molecule has 210 valence electrons. The van der Waals surface area contributed by atoms with E-state index in [0.717, 1.165) is 11.1 Å². The Hall–Kier alpha value is -4.30. The Morgan fingerprint density at radius 1 is 0.610 bits per heavy atom. The second kappa shape index (κ2) is 14.4. The first kappa shape index (κ1) is 28.2. The van der Waals surface area contributed by atoms with Crippen LogP contribution in [-0.2, 0) is 36.9 Å². The number of hydrogen-bond acceptors (Lipinski definition) is 7. The fraction of sp³-hybridized carbons (Fsp3) is 0.235. The normalized spacial score (nSPS) is 20.2. The van der Waals surface area contributed by atoms with E-state index in [2.05, 4.69) is 0 Å². The van der Waals surface area contributed by atoms with Crippen molar-refractivity contribution in [2.45, 2.75) is 37.6 Å². The third-order valence-corrected chi connectivity index (χ3v) is 6.73. The van der Waals surface area contributed by atoms with Crippen molar-refractivity contribution < 1.29 is 33.3 Å². The minimum Gasteiger partial charge on any atom is -0.453 e. The monoisotopic (exact) mass is 552 g/mol. The van der Waals surface area contributed by atoms with Crippen LogP contribution < -0.4 is 0 Å². The molecule has 1 aliphatic heterocycles. The molecule has 7 heteroatoms. The van der Waals surface area contributed by atoms with Gasteiger partial charge < -0.3 is 23.7 Å². The smallest absolute Gasteiger partial charge is 0.338 e. The zero-order valence-electron chi connectivity index (χ0n) is 22.5. The highest BCUT2D eigenvalue weighted by atomic mass is 16.6. The van der Waals surface area contributed by atoms with Crippen LogP contribution >= 0.6 is 0 Å². The van der Waals surface area contributed by atoms with Crippen LogP contribution in [0.3, 0.4) is 0 Å². The van der Waals surface area contributed by atoms with Gasteiger partial charge in [-0.3, -0.25) is 0 Å². The average molecular weight is 553 g/mol. The second-order valence-corrected chi connectivity index (χ2v) is 9.68. The van der Waals surface area contributed by atoms with Crippen LogP contribution in [0.5, 0.6) is 0 Å². The summed E-state index contributed by atoms with van der Waals surface area (Å²) < 4.78 is 30.5. The molecule has 0 bridgehead atoms. The van der Waals surface area contributed by atoms with E-state index in [0.29, 0.717) is 17.7 Å². The third-order valence-electron chi connectivity index (χ3n) is 6.73. The summed E-state index contributed by atoms with van der Waals surface area (Å²) in [6, 6.07) is 36.8. The number of carbonyl (C=O) groups excluding carboxylic acids is 2. The van der Waals surface area contributed by atoms with Crippen molar-refractivity contribution >= 4 is 11.9 Å². The molecule has 0 aliphatic carbocycles. The molecule has 1 heterocycles. The molecule has 1 fully saturated rings. The van der Waals surface area contributed by atoms with Crippen LogP contribution in [0, 0.1) is 0 Å². The molecule has 41 heavy (non-hydrogen) atoms. The summed E-state index contributed by atoms with van der Waals surface area (Å²) in [4.78, 5) is 26.3. The molecule has 1 saturated heterocycles.